The van der Waals surface area contributed by atoms with Gasteiger partial charge in [-0.15, -0.1) is 0 Å². The third kappa shape index (κ3) is 6.74. The Bertz CT molecular complexity index is 1060. The average molecular weight is 522 g/mol. The molecule has 3 heterocycles. The molecule has 2 amide bonds. The minimum Gasteiger partial charge on any atom is -0.453 e. The highest BCUT2D eigenvalue weighted by atomic mass is 35.5. The van der Waals surface area contributed by atoms with Crippen LogP contribution in [0.3, 0.4) is 0 Å². The number of aromatic nitrogens is 2. The minimum absolute atomic E-state index is 0.0914. The highest BCUT2D eigenvalue weighted by Gasteiger charge is 2.31. The van der Waals surface area contributed by atoms with E-state index in [4.69, 9.17) is 27.9 Å². The second kappa shape index (κ2) is 11.9. The van der Waals surface area contributed by atoms with Gasteiger partial charge in [0.1, 0.15) is 11.6 Å². The van der Waals surface area contributed by atoms with Gasteiger partial charge in [-0.2, -0.15) is 0 Å². The van der Waals surface area contributed by atoms with Crippen LogP contribution in [0.1, 0.15) is 32.1 Å². The van der Waals surface area contributed by atoms with Crippen molar-refractivity contribution in [3.63, 3.8) is 0 Å². The van der Waals surface area contributed by atoms with Crippen LogP contribution in [0, 0.1) is 11.8 Å². The summed E-state index contributed by atoms with van der Waals surface area (Å²) in [6, 6.07) is 5.20. The summed E-state index contributed by atoms with van der Waals surface area (Å²) in [7, 11) is 1.32. The zero-order chi connectivity index (χ0) is 24.8. The molecule has 1 aliphatic carbocycles. The predicted octanol–water partition coefficient (Wildman–Crippen LogP) is 4.75. The Kier molecular flexibility index (Phi) is 8.64. The molecule has 2 atom stereocenters. The van der Waals surface area contributed by atoms with Crippen LogP contribution in [0.4, 0.5) is 16.4 Å². The van der Waals surface area contributed by atoms with Gasteiger partial charge in [-0.25, -0.2) is 14.8 Å². The summed E-state index contributed by atoms with van der Waals surface area (Å²) in [5.41, 5.74) is 1.09. The number of hydrogen-bond acceptors (Lipinski definition) is 7. The van der Waals surface area contributed by atoms with Crippen molar-refractivity contribution in [3.05, 3.63) is 34.4 Å². The SMILES string of the molecule is COC(=O)N[C@H]1CC[C@@H](C(=O)Nc2cc(-c3nc(NCC4CCOCC4)ccc3Cl)c(Cl)cn2)C1. The Morgan fingerprint density at radius 3 is 2.69 bits per heavy atom. The maximum Gasteiger partial charge on any atom is 0.407 e. The highest BCUT2D eigenvalue weighted by molar-refractivity contribution is 6.36. The molecule has 1 saturated heterocycles. The Balaban J connectivity index is 1.43. The van der Waals surface area contributed by atoms with Gasteiger partial charge >= 0.3 is 6.09 Å². The molecule has 0 unspecified atom stereocenters. The predicted molar refractivity (Wildman–Crippen MR) is 135 cm³/mol. The van der Waals surface area contributed by atoms with Crippen molar-refractivity contribution in [3.8, 4) is 11.3 Å². The first-order valence-electron chi connectivity index (χ1n) is 11.7. The molecular formula is C24H29Cl2N5O4. The Morgan fingerprint density at radius 1 is 1.11 bits per heavy atom. The summed E-state index contributed by atoms with van der Waals surface area (Å²) in [6.07, 6.45) is 4.93. The molecule has 3 N–H and O–H groups in total. The third-order valence-electron chi connectivity index (χ3n) is 6.43. The first kappa shape index (κ1) is 25.5. The number of rotatable bonds is 7. The van der Waals surface area contributed by atoms with Crippen LogP contribution in [-0.4, -0.2) is 54.9 Å². The summed E-state index contributed by atoms with van der Waals surface area (Å²) in [5.74, 6) is 1.19. The van der Waals surface area contributed by atoms with Crippen molar-refractivity contribution in [2.75, 3.05) is 37.5 Å². The van der Waals surface area contributed by atoms with Gasteiger partial charge in [-0.3, -0.25) is 4.79 Å². The van der Waals surface area contributed by atoms with Crippen molar-refractivity contribution in [2.24, 2.45) is 11.8 Å². The van der Waals surface area contributed by atoms with E-state index < -0.39 is 6.09 Å². The molecule has 35 heavy (non-hydrogen) atoms. The molecule has 9 nitrogen and oxygen atoms in total. The number of anilines is 2. The molecule has 0 aromatic carbocycles. The molecule has 0 spiro atoms. The van der Waals surface area contributed by atoms with E-state index in [2.05, 4.69) is 30.7 Å². The van der Waals surface area contributed by atoms with Gasteiger partial charge in [0, 0.05) is 43.5 Å². The molecule has 2 aromatic rings. The molecule has 188 valence electrons. The van der Waals surface area contributed by atoms with Crippen LogP contribution in [-0.2, 0) is 14.3 Å². The quantitative estimate of drug-likeness (QED) is 0.481. The van der Waals surface area contributed by atoms with Crippen molar-refractivity contribution in [2.45, 2.75) is 38.1 Å². The minimum atomic E-state index is -0.492. The molecule has 11 heteroatoms. The first-order chi connectivity index (χ1) is 16.9. The number of hydrogen-bond donors (Lipinski definition) is 3. The van der Waals surface area contributed by atoms with E-state index in [1.165, 1.54) is 13.3 Å². The van der Waals surface area contributed by atoms with Gasteiger partial charge in [-0.05, 0) is 56.2 Å². The Morgan fingerprint density at radius 2 is 1.91 bits per heavy atom. The second-order valence-electron chi connectivity index (χ2n) is 8.85. The molecule has 0 bridgehead atoms. The number of nitrogens with one attached hydrogen (secondary N) is 3. The highest BCUT2D eigenvalue weighted by Crippen LogP contribution is 2.34. The van der Waals surface area contributed by atoms with E-state index in [1.807, 2.05) is 6.07 Å². The topological polar surface area (TPSA) is 114 Å². The Labute approximate surface area is 214 Å². The van der Waals surface area contributed by atoms with Crippen LogP contribution in [0.25, 0.3) is 11.3 Å². The van der Waals surface area contributed by atoms with Crippen molar-refractivity contribution in [1.82, 2.24) is 15.3 Å². The van der Waals surface area contributed by atoms with Crippen LogP contribution in [0.2, 0.25) is 10.0 Å². The van der Waals surface area contributed by atoms with Crippen molar-refractivity contribution < 1.29 is 19.1 Å². The number of carbonyl (C=O) groups is 2. The zero-order valence-electron chi connectivity index (χ0n) is 19.5. The normalized spacial score (nSPS) is 20.3. The first-order valence-corrected chi connectivity index (χ1v) is 12.5. The van der Waals surface area contributed by atoms with Gasteiger partial charge in [0.25, 0.3) is 0 Å². The molecule has 0 radical (unpaired) electrons. The van der Waals surface area contributed by atoms with Crippen LogP contribution in [0.5, 0.6) is 0 Å². The number of alkyl carbamates (subject to hydrolysis) is 1. The Hall–Kier alpha value is -2.62. The number of pyridine rings is 2. The fourth-order valence-corrected chi connectivity index (χ4v) is 4.82. The third-order valence-corrected chi connectivity index (χ3v) is 7.04. The second-order valence-corrected chi connectivity index (χ2v) is 9.66. The van der Waals surface area contributed by atoms with Gasteiger partial charge in [0.2, 0.25) is 5.91 Å². The van der Waals surface area contributed by atoms with Gasteiger partial charge in [0.05, 0.1) is 22.8 Å². The van der Waals surface area contributed by atoms with E-state index in [1.54, 1.807) is 12.1 Å². The monoisotopic (exact) mass is 521 g/mol. The van der Waals surface area contributed by atoms with Crippen LogP contribution in [0.15, 0.2) is 24.4 Å². The lowest BCUT2D eigenvalue weighted by molar-refractivity contribution is -0.119. The summed E-state index contributed by atoms with van der Waals surface area (Å²) in [6.45, 7) is 2.38. The van der Waals surface area contributed by atoms with E-state index >= 15 is 0 Å². The van der Waals surface area contributed by atoms with E-state index in [0.29, 0.717) is 58.1 Å². The van der Waals surface area contributed by atoms with Crippen LogP contribution >= 0.6 is 23.2 Å². The van der Waals surface area contributed by atoms with Gasteiger partial charge in [0.15, 0.2) is 0 Å². The van der Waals surface area contributed by atoms with Gasteiger partial charge in [-0.1, -0.05) is 23.2 Å². The lowest BCUT2D eigenvalue weighted by Gasteiger charge is -2.22. The lowest BCUT2D eigenvalue weighted by Crippen LogP contribution is -2.33. The largest absolute Gasteiger partial charge is 0.453 e. The molecule has 1 saturated carbocycles. The smallest absolute Gasteiger partial charge is 0.407 e. The average Bonchev–Trinajstić information content (AvgIpc) is 3.34. The molecular weight excluding hydrogens is 493 g/mol. The van der Waals surface area contributed by atoms with Crippen molar-refractivity contribution >= 4 is 46.8 Å². The molecule has 2 aliphatic rings. The molecule has 4 rings (SSSR count). The maximum atomic E-state index is 12.8. The van der Waals surface area contributed by atoms with Crippen molar-refractivity contribution in [1.29, 1.82) is 0 Å². The fraction of sp³-hybridized carbons (Fsp3) is 0.500. The number of ether oxygens (including phenoxy) is 2. The summed E-state index contributed by atoms with van der Waals surface area (Å²) in [4.78, 5) is 33.2. The number of methoxy groups -OCH3 is 1. The summed E-state index contributed by atoms with van der Waals surface area (Å²) in [5, 5.41) is 9.81. The standard InChI is InChI=1S/C24H29Cl2N5O4/c1-34-24(33)29-16-3-2-15(10-16)23(32)31-21-11-17(19(26)13-28-21)22-18(25)4-5-20(30-22)27-12-14-6-8-35-9-7-14/h4-5,11,13-16H,2-3,6-10,12H2,1H3,(H,27,30)(H,29,33)(H,28,31,32)/t15-,16+/m1/s1. The summed E-state index contributed by atoms with van der Waals surface area (Å²) >= 11 is 12.9. The fourth-order valence-electron chi connectivity index (χ4n) is 4.42. The maximum absolute atomic E-state index is 12.8. The van der Waals surface area contributed by atoms with Gasteiger partial charge < -0.3 is 25.4 Å². The lowest BCUT2D eigenvalue weighted by atomic mass is 10.0. The van der Waals surface area contributed by atoms with E-state index in [-0.39, 0.29) is 17.9 Å². The number of nitrogens with zero attached hydrogens (tertiary/aromatic N) is 2. The molecule has 2 fully saturated rings. The summed E-state index contributed by atoms with van der Waals surface area (Å²) < 4.78 is 10.1. The van der Waals surface area contributed by atoms with E-state index in [0.717, 1.165) is 32.6 Å². The number of halogens is 2. The molecule has 1 aliphatic heterocycles. The zero-order valence-corrected chi connectivity index (χ0v) is 21.0. The molecule has 2 aromatic heterocycles. The number of amides is 2. The van der Waals surface area contributed by atoms with E-state index in [9.17, 15) is 9.59 Å². The number of carbonyl (C=O) groups excluding carboxylic acids is 2. The van der Waals surface area contributed by atoms with Crippen LogP contribution < -0.4 is 16.0 Å².